The van der Waals surface area contributed by atoms with Gasteiger partial charge in [0.15, 0.2) is 0 Å². The highest BCUT2D eigenvalue weighted by molar-refractivity contribution is 5.95. The average Bonchev–Trinajstić information content (AvgIpc) is 2.95. The Hall–Kier alpha value is -1.49. The van der Waals surface area contributed by atoms with Gasteiger partial charge in [-0.1, -0.05) is 0 Å². The topological polar surface area (TPSA) is 32.3 Å². The van der Waals surface area contributed by atoms with Crippen molar-refractivity contribution in [2.75, 3.05) is 19.6 Å². The van der Waals surface area contributed by atoms with Gasteiger partial charge in [-0.2, -0.15) is 0 Å². The Morgan fingerprint density at radius 3 is 2.89 bits per heavy atom. The van der Waals surface area contributed by atoms with E-state index in [0.717, 1.165) is 31.3 Å². The van der Waals surface area contributed by atoms with Crippen molar-refractivity contribution < 1.29 is 13.6 Å². The lowest BCUT2D eigenvalue weighted by Gasteiger charge is -2.24. The molecule has 2 heterocycles. The number of rotatable bonds is 1. The van der Waals surface area contributed by atoms with Crippen molar-refractivity contribution in [2.45, 2.75) is 13.0 Å². The third-order valence-electron chi connectivity index (χ3n) is 4.35. The van der Waals surface area contributed by atoms with E-state index in [1.165, 1.54) is 0 Å². The van der Waals surface area contributed by atoms with Gasteiger partial charge in [0.25, 0.3) is 5.91 Å². The quantitative estimate of drug-likeness (QED) is 0.838. The summed E-state index contributed by atoms with van der Waals surface area (Å²) in [5.41, 5.74) is -0.167. The Balaban J connectivity index is 1.86. The third kappa shape index (κ3) is 2.02. The molecule has 1 aromatic carbocycles. The Morgan fingerprint density at radius 2 is 2.16 bits per heavy atom. The molecule has 0 bridgehead atoms. The highest BCUT2D eigenvalue weighted by atomic mass is 19.1. The molecule has 0 radical (unpaired) electrons. The van der Waals surface area contributed by atoms with E-state index in [9.17, 15) is 13.6 Å². The summed E-state index contributed by atoms with van der Waals surface area (Å²) in [4.78, 5) is 14.0. The van der Waals surface area contributed by atoms with Gasteiger partial charge < -0.3 is 10.2 Å². The van der Waals surface area contributed by atoms with Crippen LogP contribution in [-0.4, -0.2) is 36.5 Å². The van der Waals surface area contributed by atoms with Crippen molar-refractivity contribution in [3.8, 4) is 0 Å². The fourth-order valence-electron chi connectivity index (χ4n) is 3.25. The molecule has 0 aliphatic carbocycles. The first kappa shape index (κ1) is 12.5. The van der Waals surface area contributed by atoms with Gasteiger partial charge in [-0.3, -0.25) is 4.79 Å². The van der Waals surface area contributed by atoms with Gasteiger partial charge in [-0.25, -0.2) is 8.78 Å². The summed E-state index contributed by atoms with van der Waals surface area (Å²) in [5, 5.41) is 3.30. The van der Waals surface area contributed by atoms with Crippen LogP contribution in [0.4, 0.5) is 8.78 Å². The maximum atomic E-state index is 13.7. The van der Waals surface area contributed by atoms with Crippen molar-refractivity contribution in [1.29, 1.82) is 0 Å². The molecule has 1 amide bonds. The SMILES string of the molecule is CC1C2CNCC2CN1C(=O)c1cc(F)ccc1F. The predicted molar refractivity (Wildman–Crippen MR) is 66.7 cm³/mol. The molecule has 0 saturated carbocycles. The fraction of sp³-hybridized carbons (Fsp3) is 0.500. The van der Waals surface area contributed by atoms with Crippen LogP contribution in [0.3, 0.4) is 0 Å². The van der Waals surface area contributed by atoms with Gasteiger partial charge in [-0.15, -0.1) is 0 Å². The number of hydrogen-bond acceptors (Lipinski definition) is 2. The molecule has 2 aliphatic heterocycles. The minimum atomic E-state index is -0.659. The molecule has 1 aromatic rings. The second kappa shape index (κ2) is 4.56. The predicted octanol–water partition coefficient (Wildman–Crippen LogP) is 1.64. The van der Waals surface area contributed by atoms with Gasteiger partial charge in [0.1, 0.15) is 11.6 Å². The number of nitrogens with one attached hydrogen (secondary N) is 1. The minimum absolute atomic E-state index is 0.0650. The number of fused-ring (bicyclic) bond motifs is 1. The first-order valence-electron chi connectivity index (χ1n) is 6.54. The van der Waals surface area contributed by atoms with E-state index in [1.807, 2.05) is 6.92 Å². The highest BCUT2D eigenvalue weighted by Gasteiger charge is 2.44. The zero-order valence-electron chi connectivity index (χ0n) is 10.7. The molecule has 2 fully saturated rings. The lowest BCUT2D eigenvalue weighted by atomic mass is 9.95. The molecule has 0 spiro atoms. The van der Waals surface area contributed by atoms with E-state index in [0.29, 0.717) is 18.4 Å². The van der Waals surface area contributed by atoms with Crippen molar-refractivity contribution in [3.63, 3.8) is 0 Å². The van der Waals surface area contributed by atoms with Crippen LogP contribution in [0.5, 0.6) is 0 Å². The minimum Gasteiger partial charge on any atom is -0.335 e. The summed E-state index contributed by atoms with van der Waals surface area (Å²) in [6.45, 7) is 4.38. The molecular formula is C14H16F2N2O. The van der Waals surface area contributed by atoms with Gasteiger partial charge in [0.2, 0.25) is 0 Å². The molecule has 3 unspecified atom stereocenters. The second-order valence-electron chi connectivity index (χ2n) is 5.40. The van der Waals surface area contributed by atoms with E-state index >= 15 is 0 Å². The molecule has 2 aliphatic rings. The first-order chi connectivity index (χ1) is 9.08. The number of carbonyl (C=O) groups excluding carboxylic acids is 1. The zero-order chi connectivity index (χ0) is 13.6. The van der Waals surface area contributed by atoms with Crippen LogP contribution in [0.1, 0.15) is 17.3 Å². The van der Waals surface area contributed by atoms with E-state index in [4.69, 9.17) is 0 Å². The zero-order valence-corrected chi connectivity index (χ0v) is 10.7. The fourth-order valence-corrected chi connectivity index (χ4v) is 3.25. The monoisotopic (exact) mass is 266 g/mol. The largest absolute Gasteiger partial charge is 0.335 e. The molecule has 0 aromatic heterocycles. The Morgan fingerprint density at radius 1 is 1.37 bits per heavy atom. The van der Waals surface area contributed by atoms with E-state index in [2.05, 4.69) is 5.32 Å². The van der Waals surface area contributed by atoms with Gasteiger partial charge >= 0.3 is 0 Å². The normalized spacial score (nSPS) is 29.6. The summed E-state index contributed by atoms with van der Waals surface area (Å²) in [6, 6.07) is 3.08. The summed E-state index contributed by atoms with van der Waals surface area (Å²) in [7, 11) is 0. The van der Waals surface area contributed by atoms with Crippen LogP contribution in [0, 0.1) is 23.5 Å². The van der Waals surface area contributed by atoms with Gasteiger partial charge in [-0.05, 0) is 37.0 Å². The van der Waals surface area contributed by atoms with Crippen LogP contribution < -0.4 is 5.32 Å². The Bertz CT molecular complexity index is 520. The maximum absolute atomic E-state index is 13.7. The number of likely N-dealkylation sites (tertiary alicyclic amines) is 1. The number of nitrogens with zero attached hydrogens (tertiary/aromatic N) is 1. The van der Waals surface area contributed by atoms with E-state index in [-0.39, 0.29) is 11.6 Å². The number of carbonyl (C=O) groups is 1. The molecule has 1 N–H and O–H groups in total. The van der Waals surface area contributed by atoms with Crippen molar-refractivity contribution in [2.24, 2.45) is 11.8 Å². The van der Waals surface area contributed by atoms with Crippen LogP contribution >= 0.6 is 0 Å². The maximum Gasteiger partial charge on any atom is 0.257 e. The van der Waals surface area contributed by atoms with Crippen LogP contribution in [-0.2, 0) is 0 Å². The molecule has 3 rings (SSSR count). The first-order valence-corrected chi connectivity index (χ1v) is 6.54. The Labute approximate surface area is 110 Å². The summed E-state index contributed by atoms with van der Waals surface area (Å²) >= 11 is 0. The molecular weight excluding hydrogens is 250 g/mol. The van der Waals surface area contributed by atoms with Crippen LogP contribution in [0.2, 0.25) is 0 Å². The molecule has 102 valence electrons. The summed E-state index contributed by atoms with van der Waals surface area (Å²) in [5.74, 6) is -0.803. The van der Waals surface area contributed by atoms with Gasteiger partial charge in [0.05, 0.1) is 5.56 Å². The van der Waals surface area contributed by atoms with Crippen molar-refractivity contribution in [1.82, 2.24) is 10.2 Å². The molecule has 2 saturated heterocycles. The number of benzene rings is 1. The van der Waals surface area contributed by atoms with Crippen LogP contribution in [0.25, 0.3) is 0 Å². The van der Waals surface area contributed by atoms with Gasteiger partial charge in [0, 0.05) is 25.7 Å². The average molecular weight is 266 g/mol. The highest BCUT2D eigenvalue weighted by Crippen LogP contribution is 2.33. The summed E-state index contributed by atoms with van der Waals surface area (Å²) in [6.07, 6.45) is 0. The standard InChI is InChI=1S/C14H16F2N2O/c1-8-12-6-17-5-9(12)7-18(8)14(19)11-4-10(15)2-3-13(11)16/h2-4,8-9,12,17H,5-7H2,1H3. The molecule has 5 heteroatoms. The number of amides is 1. The molecule has 19 heavy (non-hydrogen) atoms. The lowest BCUT2D eigenvalue weighted by molar-refractivity contribution is 0.0723. The number of halogens is 2. The summed E-state index contributed by atoms with van der Waals surface area (Å²) < 4.78 is 26.8. The van der Waals surface area contributed by atoms with E-state index < -0.39 is 17.5 Å². The second-order valence-corrected chi connectivity index (χ2v) is 5.40. The van der Waals surface area contributed by atoms with Crippen LogP contribution in [0.15, 0.2) is 18.2 Å². The van der Waals surface area contributed by atoms with Crippen molar-refractivity contribution in [3.05, 3.63) is 35.4 Å². The third-order valence-corrected chi connectivity index (χ3v) is 4.35. The van der Waals surface area contributed by atoms with E-state index in [1.54, 1.807) is 4.90 Å². The Kier molecular flexibility index (Phi) is 3.01. The smallest absolute Gasteiger partial charge is 0.257 e. The lowest BCUT2D eigenvalue weighted by Crippen LogP contribution is -2.38. The molecule has 3 atom stereocenters. The molecule has 3 nitrogen and oxygen atoms in total. The van der Waals surface area contributed by atoms with Crippen molar-refractivity contribution >= 4 is 5.91 Å². The number of hydrogen-bond donors (Lipinski definition) is 1.